The lowest BCUT2D eigenvalue weighted by atomic mass is 10.2. The second kappa shape index (κ2) is 4.08. The fourth-order valence-corrected chi connectivity index (χ4v) is 2.52. The quantitative estimate of drug-likeness (QED) is 0.824. The number of aliphatic hydroxyl groups is 1. The van der Waals surface area contributed by atoms with Crippen molar-refractivity contribution in [3.8, 4) is 0 Å². The van der Waals surface area contributed by atoms with E-state index < -0.39 is 6.10 Å². The first-order valence-corrected chi connectivity index (χ1v) is 5.98. The van der Waals surface area contributed by atoms with Crippen molar-refractivity contribution in [2.75, 3.05) is 0 Å². The SMILES string of the molecule is N=c1sccn1CC(O)c1ccsc1. The van der Waals surface area contributed by atoms with Crippen molar-refractivity contribution in [2.45, 2.75) is 12.6 Å². The zero-order valence-electron chi connectivity index (χ0n) is 7.38. The maximum Gasteiger partial charge on any atom is 0.181 e. The predicted molar refractivity (Wildman–Crippen MR) is 57.4 cm³/mol. The molecule has 0 saturated carbocycles. The van der Waals surface area contributed by atoms with Gasteiger partial charge in [0, 0.05) is 11.6 Å². The Morgan fingerprint density at radius 1 is 1.50 bits per heavy atom. The summed E-state index contributed by atoms with van der Waals surface area (Å²) in [7, 11) is 0. The summed E-state index contributed by atoms with van der Waals surface area (Å²) in [6.45, 7) is 0.457. The molecule has 2 aromatic heterocycles. The fourth-order valence-electron chi connectivity index (χ4n) is 1.20. The lowest BCUT2D eigenvalue weighted by Gasteiger charge is -2.09. The molecule has 0 aliphatic heterocycles. The number of thiophene rings is 1. The molecule has 0 spiro atoms. The van der Waals surface area contributed by atoms with Crippen molar-refractivity contribution >= 4 is 22.7 Å². The molecule has 0 aromatic carbocycles. The summed E-state index contributed by atoms with van der Waals surface area (Å²) in [5.41, 5.74) is 0.924. The van der Waals surface area contributed by atoms with Gasteiger partial charge in [-0.15, -0.1) is 11.3 Å². The highest BCUT2D eigenvalue weighted by Gasteiger charge is 2.08. The van der Waals surface area contributed by atoms with Crippen LogP contribution >= 0.6 is 22.7 Å². The fraction of sp³-hybridized carbons (Fsp3) is 0.222. The van der Waals surface area contributed by atoms with Crippen LogP contribution in [0.15, 0.2) is 28.4 Å². The average Bonchev–Trinajstić information content (AvgIpc) is 2.77. The number of thiazole rings is 1. The third kappa shape index (κ3) is 1.95. The van der Waals surface area contributed by atoms with E-state index in [-0.39, 0.29) is 0 Å². The Bertz CT molecular complexity index is 443. The van der Waals surface area contributed by atoms with Crippen molar-refractivity contribution in [1.29, 1.82) is 5.41 Å². The number of aliphatic hydroxyl groups excluding tert-OH is 1. The van der Waals surface area contributed by atoms with E-state index in [1.54, 1.807) is 15.9 Å². The minimum Gasteiger partial charge on any atom is -0.387 e. The Labute approximate surface area is 89.4 Å². The number of hydrogen-bond donors (Lipinski definition) is 2. The van der Waals surface area contributed by atoms with Crippen molar-refractivity contribution in [1.82, 2.24) is 4.57 Å². The van der Waals surface area contributed by atoms with Gasteiger partial charge in [-0.25, -0.2) is 0 Å². The first kappa shape index (κ1) is 9.64. The number of aromatic nitrogens is 1. The molecule has 3 nitrogen and oxygen atoms in total. The van der Waals surface area contributed by atoms with Gasteiger partial charge in [0.15, 0.2) is 4.80 Å². The molecule has 0 amide bonds. The normalized spacial score (nSPS) is 12.9. The molecule has 2 rings (SSSR count). The van der Waals surface area contributed by atoms with Crippen LogP contribution in [0.25, 0.3) is 0 Å². The molecule has 2 heterocycles. The highest BCUT2D eigenvalue weighted by Crippen LogP contribution is 2.17. The molecule has 14 heavy (non-hydrogen) atoms. The van der Waals surface area contributed by atoms with Crippen LogP contribution in [0.2, 0.25) is 0 Å². The third-order valence-electron chi connectivity index (χ3n) is 1.98. The van der Waals surface area contributed by atoms with Gasteiger partial charge in [0.1, 0.15) is 0 Å². The molecule has 1 atom stereocenters. The monoisotopic (exact) mass is 226 g/mol. The molecule has 0 aliphatic rings. The zero-order chi connectivity index (χ0) is 9.97. The third-order valence-corrected chi connectivity index (χ3v) is 3.40. The molecule has 2 aromatic rings. The Hall–Kier alpha value is -0.910. The largest absolute Gasteiger partial charge is 0.387 e. The minimum absolute atomic E-state index is 0.457. The smallest absolute Gasteiger partial charge is 0.181 e. The Kier molecular flexibility index (Phi) is 2.81. The zero-order valence-corrected chi connectivity index (χ0v) is 9.02. The van der Waals surface area contributed by atoms with E-state index in [4.69, 9.17) is 5.41 Å². The summed E-state index contributed by atoms with van der Waals surface area (Å²) in [6.07, 6.45) is 1.31. The van der Waals surface area contributed by atoms with Crippen LogP contribution in [0.4, 0.5) is 0 Å². The minimum atomic E-state index is -0.509. The summed E-state index contributed by atoms with van der Waals surface area (Å²) >= 11 is 2.94. The van der Waals surface area contributed by atoms with Crippen molar-refractivity contribution < 1.29 is 5.11 Å². The maximum atomic E-state index is 9.81. The standard InChI is InChI=1S/C9H10N2OS2/c10-9-11(2-4-14-9)5-8(12)7-1-3-13-6-7/h1-4,6,8,10,12H,5H2. The van der Waals surface area contributed by atoms with Crippen LogP contribution in [0.1, 0.15) is 11.7 Å². The molecule has 0 saturated heterocycles. The molecule has 0 radical (unpaired) electrons. The van der Waals surface area contributed by atoms with Crippen molar-refractivity contribution in [2.24, 2.45) is 0 Å². The Morgan fingerprint density at radius 3 is 2.93 bits per heavy atom. The van der Waals surface area contributed by atoms with Gasteiger partial charge in [-0.05, 0) is 22.4 Å². The number of nitrogens with zero attached hydrogens (tertiary/aromatic N) is 1. The summed E-state index contributed by atoms with van der Waals surface area (Å²) in [4.78, 5) is 0.472. The summed E-state index contributed by atoms with van der Waals surface area (Å²) in [6, 6.07) is 1.91. The van der Waals surface area contributed by atoms with E-state index in [9.17, 15) is 5.11 Å². The first-order valence-electron chi connectivity index (χ1n) is 4.16. The molecule has 0 aliphatic carbocycles. The summed E-state index contributed by atoms with van der Waals surface area (Å²) in [5.74, 6) is 0. The van der Waals surface area contributed by atoms with Gasteiger partial charge in [0.05, 0.1) is 12.6 Å². The van der Waals surface area contributed by atoms with Crippen LogP contribution < -0.4 is 4.80 Å². The summed E-state index contributed by atoms with van der Waals surface area (Å²) < 4.78 is 1.74. The van der Waals surface area contributed by atoms with E-state index in [1.807, 2.05) is 28.4 Å². The van der Waals surface area contributed by atoms with Crippen LogP contribution in [0.5, 0.6) is 0 Å². The number of nitrogens with one attached hydrogen (secondary N) is 1. The molecule has 0 bridgehead atoms. The number of hydrogen-bond acceptors (Lipinski definition) is 4. The van der Waals surface area contributed by atoms with Gasteiger partial charge >= 0.3 is 0 Å². The van der Waals surface area contributed by atoms with E-state index in [1.165, 1.54) is 11.3 Å². The highest BCUT2D eigenvalue weighted by atomic mass is 32.1. The maximum absolute atomic E-state index is 9.81. The topological polar surface area (TPSA) is 49.0 Å². The Morgan fingerprint density at radius 2 is 2.36 bits per heavy atom. The average molecular weight is 226 g/mol. The molecule has 0 fully saturated rings. The van der Waals surface area contributed by atoms with Crippen LogP contribution in [-0.2, 0) is 6.54 Å². The predicted octanol–water partition coefficient (Wildman–Crippen LogP) is 1.82. The van der Waals surface area contributed by atoms with Gasteiger partial charge in [-0.3, -0.25) is 5.41 Å². The van der Waals surface area contributed by atoms with E-state index in [2.05, 4.69) is 0 Å². The van der Waals surface area contributed by atoms with Gasteiger partial charge in [-0.2, -0.15) is 11.3 Å². The second-order valence-corrected chi connectivity index (χ2v) is 4.61. The molecular formula is C9H10N2OS2. The van der Waals surface area contributed by atoms with E-state index in [0.717, 1.165) is 5.56 Å². The van der Waals surface area contributed by atoms with Gasteiger partial charge in [0.25, 0.3) is 0 Å². The lowest BCUT2D eigenvalue weighted by molar-refractivity contribution is 0.156. The molecule has 1 unspecified atom stereocenters. The van der Waals surface area contributed by atoms with Crippen LogP contribution in [0, 0.1) is 5.41 Å². The van der Waals surface area contributed by atoms with Gasteiger partial charge in [-0.1, -0.05) is 0 Å². The first-order chi connectivity index (χ1) is 6.77. The van der Waals surface area contributed by atoms with Gasteiger partial charge < -0.3 is 9.67 Å². The molecule has 2 N–H and O–H groups in total. The molecular weight excluding hydrogens is 216 g/mol. The molecule has 74 valence electrons. The molecule has 5 heteroatoms. The second-order valence-electron chi connectivity index (χ2n) is 2.93. The van der Waals surface area contributed by atoms with E-state index >= 15 is 0 Å². The Balaban J connectivity index is 2.13. The highest BCUT2D eigenvalue weighted by molar-refractivity contribution is 7.08. The lowest BCUT2D eigenvalue weighted by Crippen LogP contribution is -2.16. The number of rotatable bonds is 3. The van der Waals surface area contributed by atoms with Crippen molar-refractivity contribution in [3.63, 3.8) is 0 Å². The van der Waals surface area contributed by atoms with Crippen LogP contribution in [-0.4, -0.2) is 9.67 Å². The summed E-state index contributed by atoms with van der Waals surface area (Å²) in [5, 5.41) is 23.1. The van der Waals surface area contributed by atoms with Crippen LogP contribution in [0.3, 0.4) is 0 Å². The van der Waals surface area contributed by atoms with Gasteiger partial charge in [0.2, 0.25) is 0 Å². The van der Waals surface area contributed by atoms with Crippen molar-refractivity contribution in [3.05, 3.63) is 38.8 Å². The van der Waals surface area contributed by atoms with E-state index in [0.29, 0.717) is 11.3 Å².